The highest BCUT2D eigenvalue weighted by Gasteiger charge is 2.16. The zero-order chi connectivity index (χ0) is 27.5. The molecule has 0 bridgehead atoms. The third kappa shape index (κ3) is 7.70. The van der Waals surface area contributed by atoms with Crippen LogP contribution in [0.1, 0.15) is 49.7 Å². The van der Waals surface area contributed by atoms with Crippen molar-refractivity contribution in [1.29, 1.82) is 0 Å². The van der Waals surface area contributed by atoms with E-state index < -0.39 is 11.9 Å². The lowest BCUT2D eigenvalue weighted by atomic mass is 9.98. The summed E-state index contributed by atoms with van der Waals surface area (Å²) >= 11 is 6.26. The second-order valence-electron chi connectivity index (χ2n) is 8.38. The summed E-state index contributed by atoms with van der Waals surface area (Å²) < 4.78 is 2.03. The second-order valence-corrected chi connectivity index (χ2v) is 8.74. The second kappa shape index (κ2) is 14.0. The van der Waals surface area contributed by atoms with Crippen molar-refractivity contribution in [2.75, 3.05) is 0 Å². The molecule has 0 spiro atoms. The van der Waals surface area contributed by atoms with Gasteiger partial charge in [0.25, 0.3) is 0 Å². The first-order valence-electron chi connectivity index (χ1n) is 12.0. The van der Waals surface area contributed by atoms with Crippen molar-refractivity contribution in [2.45, 2.75) is 52.2 Å². The molecule has 2 heterocycles. The van der Waals surface area contributed by atoms with Crippen LogP contribution in [-0.4, -0.2) is 57.4 Å². The van der Waals surface area contributed by atoms with E-state index in [1.165, 1.54) is 0 Å². The summed E-state index contributed by atoms with van der Waals surface area (Å²) in [6, 6.07) is 16.3. The number of aliphatic hydroxyl groups is 1. The normalized spacial score (nSPS) is 10.6. The monoisotopic (exact) mass is 540 g/mol. The number of aryl methyl sites for hydroxylation is 1. The highest BCUT2D eigenvalue weighted by atomic mass is 35.5. The molecule has 0 saturated heterocycles. The zero-order valence-electron chi connectivity index (χ0n) is 20.8. The number of carboxylic acid groups (broad SMARTS) is 2. The van der Waals surface area contributed by atoms with E-state index in [1.807, 2.05) is 28.8 Å². The van der Waals surface area contributed by atoms with Gasteiger partial charge in [0.15, 0.2) is 5.15 Å². The molecule has 200 valence electrons. The molecule has 4 N–H and O–H groups in total. The van der Waals surface area contributed by atoms with Gasteiger partial charge in [0.05, 0.1) is 25.1 Å². The third-order valence-corrected chi connectivity index (χ3v) is 5.98. The molecule has 0 radical (unpaired) electrons. The first-order valence-corrected chi connectivity index (χ1v) is 12.4. The minimum Gasteiger partial charge on any atom is -0.481 e. The van der Waals surface area contributed by atoms with Crippen LogP contribution in [0.25, 0.3) is 22.5 Å². The van der Waals surface area contributed by atoms with Crippen LogP contribution < -0.4 is 0 Å². The van der Waals surface area contributed by atoms with E-state index in [2.05, 4.69) is 56.8 Å². The van der Waals surface area contributed by atoms with Crippen molar-refractivity contribution < 1.29 is 24.9 Å². The van der Waals surface area contributed by atoms with Crippen molar-refractivity contribution in [3.05, 3.63) is 70.8 Å². The first-order chi connectivity index (χ1) is 18.3. The van der Waals surface area contributed by atoms with Crippen molar-refractivity contribution in [2.24, 2.45) is 0 Å². The van der Waals surface area contributed by atoms with Crippen molar-refractivity contribution in [3.63, 3.8) is 0 Å². The molecule has 0 unspecified atom stereocenters. The number of aliphatic carboxylic acids is 2. The average Bonchev–Trinajstić information content (AvgIpc) is 3.55. The maximum atomic E-state index is 9.77. The highest BCUT2D eigenvalue weighted by molar-refractivity contribution is 6.30. The lowest BCUT2D eigenvalue weighted by Gasteiger charge is -2.12. The molecule has 2 aromatic carbocycles. The van der Waals surface area contributed by atoms with Gasteiger partial charge in [0.2, 0.25) is 5.82 Å². The van der Waals surface area contributed by atoms with E-state index >= 15 is 0 Å². The number of hydrogen-bond donors (Lipinski definition) is 4. The quantitative estimate of drug-likeness (QED) is 0.218. The Kier molecular flexibility index (Phi) is 10.5. The molecule has 0 aliphatic carbocycles. The molecular formula is C26H29ClN6O5. The van der Waals surface area contributed by atoms with Crippen molar-refractivity contribution >= 4 is 23.5 Å². The van der Waals surface area contributed by atoms with E-state index in [1.54, 1.807) is 0 Å². The molecule has 2 aromatic heterocycles. The number of rotatable bonds is 11. The fourth-order valence-corrected chi connectivity index (χ4v) is 4.02. The number of hydrogen-bond acceptors (Lipinski definition) is 7. The van der Waals surface area contributed by atoms with Crippen molar-refractivity contribution in [3.8, 4) is 22.5 Å². The van der Waals surface area contributed by atoms with Gasteiger partial charge in [0.1, 0.15) is 5.82 Å². The molecule has 0 saturated carbocycles. The third-order valence-electron chi connectivity index (χ3n) is 5.68. The maximum Gasteiger partial charge on any atom is 0.303 e. The lowest BCUT2D eigenvalue weighted by Crippen LogP contribution is -2.09. The Balaban J connectivity index is 0.000000436. The Morgan fingerprint density at radius 2 is 1.66 bits per heavy atom. The number of nitrogens with zero attached hydrogens (tertiary/aromatic N) is 5. The van der Waals surface area contributed by atoms with Crippen LogP contribution in [0.3, 0.4) is 0 Å². The number of aromatic amines is 1. The zero-order valence-corrected chi connectivity index (χ0v) is 21.6. The molecule has 38 heavy (non-hydrogen) atoms. The standard InChI is InChI=1S/C22H23ClN6O.C4H6O4/c1-2-3-8-20-24-21(23)19(14-30)29(20)13-15-9-11-16(12-10-15)17-6-4-5-7-18(17)22-25-27-28-26-22;5-3(6)1-2-4(7)8/h4-7,9-12,30H,2-3,8,13-14H2,1H3,(H,25,26,27,28);1-2H2,(H,5,6)(H,7,8). The first kappa shape index (κ1) is 28.5. The summed E-state index contributed by atoms with van der Waals surface area (Å²) in [6.07, 6.45) is 2.36. The Labute approximate surface area is 224 Å². The molecular weight excluding hydrogens is 512 g/mol. The summed E-state index contributed by atoms with van der Waals surface area (Å²) in [5.74, 6) is -0.673. The largest absolute Gasteiger partial charge is 0.481 e. The number of aliphatic hydroxyl groups excluding tert-OH is 1. The molecule has 12 heteroatoms. The number of imidazole rings is 1. The minimum atomic E-state index is -1.08. The number of aromatic nitrogens is 6. The summed E-state index contributed by atoms with van der Waals surface area (Å²) in [6.45, 7) is 2.63. The molecule has 0 atom stereocenters. The maximum absolute atomic E-state index is 9.77. The predicted molar refractivity (Wildman–Crippen MR) is 140 cm³/mol. The summed E-state index contributed by atoms with van der Waals surface area (Å²) in [4.78, 5) is 23.7. The number of benzene rings is 2. The Morgan fingerprint density at radius 3 is 2.21 bits per heavy atom. The van der Waals surface area contributed by atoms with Crippen LogP contribution in [0.15, 0.2) is 48.5 Å². The summed E-state index contributed by atoms with van der Waals surface area (Å²) in [5.41, 5.74) is 4.80. The van der Waals surface area contributed by atoms with Crippen LogP contribution in [0.4, 0.5) is 0 Å². The molecule has 0 amide bonds. The fourth-order valence-electron chi connectivity index (χ4n) is 3.76. The van der Waals surface area contributed by atoms with Gasteiger partial charge in [-0.3, -0.25) is 9.59 Å². The molecule has 4 rings (SSSR count). The van der Waals surface area contributed by atoms with Gasteiger partial charge in [-0.25, -0.2) is 4.98 Å². The number of halogens is 1. The minimum absolute atomic E-state index is 0.131. The molecule has 11 nitrogen and oxygen atoms in total. The average molecular weight is 541 g/mol. The van der Waals surface area contributed by atoms with Gasteiger partial charge in [-0.2, -0.15) is 5.21 Å². The molecule has 0 aliphatic rings. The van der Waals surface area contributed by atoms with Crippen LogP contribution in [0.2, 0.25) is 5.15 Å². The number of nitrogens with one attached hydrogen (secondary N) is 1. The van der Waals surface area contributed by atoms with Crippen LogP contribution >= 0.6 is 11.6 Å². The van der Waals surface area contributed by atoms with Gasteiger partial charge < -0.3 is 19.9 Å². The van der Waals surface area contributed by atoms with Gasteiger partial charge in [-0.1, -0.05) is 73.5 Å². The number of tetrazole rings is 1. The van der Waals surface area contributed by atoms with Gasteiger partial charge in [-0.05, 0) is 28.3 Å². The van der Waals surface area contributed by atoms with Crippen LogP contribution in [-0.2, 0) is 29.2 Å². The number of unbranched alkanes of at least 4 members (excludes halogenated alkanes) is 1. The van der Waals surface area contributed by atoms with Crippen LogP contribution in [0.5, 0.6) is 0 Å². The van der Waals surface area contributed by atoms with Gasteiger partial charge >= 0.3 is 11.9 Å². The Morgan fingerprint density at radius 1 is 1.00 bits per heavy atom. The smallest absolute Gasteiger partial charge is 0.303 e. The molecule has 4 aromatic rings. The van der Waals surface area contributed by atoms with E-state index in [9.17, 15) is 14.7 Å². The SMILES string of the molecule is CCCCc1nc(Cl)c(CO)n1Cc1ccc(-c2ccccc2-c2nn[nH]n2)cc1.O=C(O)CCC(=O)O. The highest BCUT2D eigenvalue weighted by Crippen LogP contribution is 2.30. The predicted octanol–water partition coefficient (Wildman–Crippen LogP) is 4.20. The Bertz CT molecular complexity index is 1320. The number of carbonyl (C=O) groups is 2. The van der Waals surface area contributed by atoms with Gasteiger partial charge in [0, 0.05) is 18.5 Å². The lowest BCUT2D eigenvalue weighted by molar-refractivity contribution is -0.143. The summed E-state index contributed by atoms with van der Waals surface area (Å²) in [7, 11) is 0. The van der Waals surface area contributed by atoms with Gasteiger partial charge in [-0.15, -0.1) is 10.2 Å². The molecule has 0 fully saturated rings. The van der Waals surface area contributed by atoms with E-state index in [4.69, 9.17) is 21.8 Å². The fraction of sp³-hybridized carbons (Fsp3) is 0.308. The van der Waals surface area contributed by atoms with E-state index in [0.29, 0.717) is 23.2 Å². The van der Waals surface area contributed by atoms with Crippen molar-refractivity contribution in [1.82, 2.24) is 30.2 Å². The van der Waals surface area contributed by atoms with Crippen LogP contribution in [0, 0.1) is 0 Å². The van der Waals surface area contributed by atoms with E-state index in [0.717, 1.165) is 47.3 Å². The number of carboxylic acids is 2. The number of H-pyrrole nitrogens is 1. The Hall–Kier alpha value is -4.09. The molecule has 0 aliphatic heterocycles. The summed E-state index contributed by atoms with van der Waals surface area (Å²) in [5, 5.41) is 40.3. The van der Waals surface area contributed by atoms with E-state index in [-0.39, 0.29) is 19.4 Å². The topological polar surface area (TPSA) is 167 Å².